The number of hydrogen-bond donors (Lipinski definition) is 2. The average molecular weight is 233 g/mol. The smallest absolute Gasteiger partial charge is 0.306 e. The number of carbonyl (C=O) groups is 2. The van der Waals surface area contributed by atoms with Gasteiger partial charge in [0.05, 0.1) is 5.92 Å². The number of carboxylic acids is 1. The van der Waals surface area contributed by atoms with Gasteiger partial charge in [0, 0.05) is 11.6 Å². The molecule has 2 N–H and O–H groups in total. The topological polar surface area (TPSA) is 66.4 Å². The Balaban J connectivity index is 1.92. The number of aliphatic carboxylic acids is 1. The van der Waals surface area contributed by atoms with Gasteiger partial charge in [-0.2, -0.15) is 0 Å². The average Bonchev–Trinajstić information content (AvgIpc) is 2.79. The molecule has 1 amide bonds. The summed E-state index contributed by atoms with van der Waals surface area (Å²) in [6, 6.07) is 9.23. The zero-order valence-electron chi connectivity index (χ0n) is 9.43. The van der Waals surface area contributed by atoms with E-state index in [1.165, 1.54) is 0 Å². The number of anilines is 1. The summed E-state index contributed by atoms with van der Waals surface area (Å²) in [6.45, 7) is 0. The van der Waals surface area contributed by atoms with E-state index in [-0.39, 0.29) is 17.7 Å². The van der Waals surface area contributed by atoms with Crippen LogP contribution >= 0.6 is 0 Å². The molecule has 4 nitrogen and oxygen atoms in total. The molecule has 90 valence electrons. The van der Waals surface area contributed by atoms with Crippen LogP contribution in [-0.4, -0.2) is 17.0 Å². The van der Waals surface area contributed by atoms with Gasteiger partial charge in [0.15, 0.2) is 0 Å². The first kappa shape index (κ1) is 11.6. The highest BCUT2D eigenvalue weighted by Crippen LogP contribution is 2.31. The Morgan fingerprint density at radius 1 is 1.12 bits per heavy atom. The molecule has 4 heteroatoms. The molecular weight excluding hydrogens is 218 g/mol. The molecule has 0 bridgehead atoms. The maximum absolute atomic E-state index is 11.9. The van der Waals surface area contributed by atoms with Crippen LogP contribution in [0.1, 0.15) is 19.3 Å². The lowest BCUT2D eigenvalue weighted by Crippen LogP contribution is -2.21. The molecule has 0 radical (unpaired) electrons. The molecular formula is C13H15NO3. The van der Waals surface area contributed by atoms with Gasteiger partial charge in [0.25, 0.3) is 0 Å². The Morgan fingerprint density at radius 2 is 1.76 bits per heavy atom. The molecule has 1 aliphatic carbocycles. The van der Waals surface area contributed by atoms with Gasteiger partial charge < -0.3 is 10.4 Å². The number of hydrogen-bond acceptors (Lipinski definition) is 2. The molecule has 1 aromatic carbocycles. The van der Waals surface area contributed by atoms with Crippen molar-refractivity contribution in [3.63, 3.8) is 0 Å². The van der Waals surface area contributed by atoms with Gasteiger partial charge in [-0.1, -0.05) is 18.2 Å². The highest BCUT2D eigenvalue weighted by molar-refractivity contribution is 5.93. The monoisotopic (exact) mass is 233 g/mol. The van der Waals surface area contributed by atoms with Crippen molar-refractivity contribution < 1.29 is 14.7 Å². The van der Waals surface area contributed by atoms with E-state index in [2.05, 4.69) is 5.32 Å². The number of amides is 1. The van der Waals surface area contributed by atoms with Gasteiger partial charge in [-0.25, -0.2) is 0 Å². The summed E-state index contributed by atoms with van der Waals surface area (Å²) in [5, 5.41) is 11.7. The van der Waals surface area contributed by atoms with Crippen molar-refractivity contribution >= 4 is 17.6 Å². The van der Waals surface area contributed by atoms with Crippen molar-refractivity contribution in [3.05, 3.63) is 30.3 Å². The third kappa shape index (κ3) is 2.84. The molecule has 17 heavy (non-hydrogen) atoms. The summed E-state index contributed by atoms with van der Waals surface area (Å²) in [5.74, 6) is -1.39. The number of carboxylic acid groups (broad SMARTS) is 1. The first-order chi connectivity index (χ1) is 8.16. The number of benzene rings is 1. The van der Waals surface area contributed by atoms with Crippen molar-refractivity contribution in [1.29, 1.82) is 0 Å². The Labute approximate surface area is 99.6 Å². The molecule has 0 heterocycles. The van der Waals surface area contributed by atoms with E-state index in [9.17, 15) is 9.59 Å². The lowest BCUT2D eigenvalue weighted by atomic mass is 10.0. The molecule has 2 rings (SSSR count). The van der Waals surface area contributed by atoms with Crippen LogP contribution in [0.5, 0.6) is 0 Å². The van der Waals surface area contributed by atoms with Gasteiger partial charge in [-0.05, 0) is 31.4 Å². The molecule has 0 aromatic heterocycles. The highest BCUT2D eigenvalue weighted by atomic mass is 16.4. The second-order valence-corrected chi connectivity index (χ2v) is 4.40. The van der Waals surface area contributed by atoms with Crippen LogP contribution in [-0.2, 0) is 9.59 Å². The van der Waals surface area contributed by atoms with Gasteiger partial charge in [0.2, 0.25) is 5.91 Å². The van der Waals surface area contributed by atoms with E-state index in [1.54, 1.807) is 0 Å². The summed E-state index contributed by atoms with van der Waals surface area (Å²) >= 11 is 0. The molecule has 1 aliphatic rings. The predicted octanol–water partition coefficient (Wildman–Crippen LogP) is 2.13. The maximum atomic E-state index is 11.9. The van der Waals surface area contributed by atoms with Gasteiger partial charge in [0.1, 0.15) is 0 Å². The van der Waals surface area contributed by atoms with E-state index >= 15 is 0 Å². The first-order valence-electron chi connectivity index (χ1n) is 5.75. The quantitative estimate of drug-likeness (QED) is 0.840. The highest BCUT2D eigenvalue weighted by Gasteiger charge is 2.33. The zero-order valence-corrected chi connectivity index (χ0v) is 9.43. The lowest BCUT2D eigenvalue weighted by Gasteiger charge is -2.10. The van der Waals surface area contributed by atoms with Crippen LogP contribution in [0.2, 0.25) is 0 Å². The van der Waals surface area contributed by atoms with Crippen LogP contribution in [0, 0.1) is 11.8 Å². The minimum atomic E-state index is -0.792. The van der Waals surface area contributed by atoms with Crippen LogP contribution < -0.4 is 5.32 Å². The fourth-order valence-corrected chi connectivity index (χ4v) is 2.21. The molecule has 0 saturated heterocycles. The standard InChI is InChI=1S/C13H15NO3/c15-12(14-11-4-2-1-3-5-11)9-6-7-10(8-9)13(16)17/h1-5,9-10H,6-8H2,(H,14,15)(H,16,17)/t9-,10+/m0/s1. The third-order valence-electron chi connectivity index (χ3n) is 3.19. The minimum Gasteiger partial charge on any atom is -0.481 e. The molecule has 2 atom stereocenters. The van der Waals surface area contributed by atoms with Gasteiger partial charge in [-0.3, -0.25) is 9.59 Å². The summed E-state index contributed by atoms with van der Waals surface area (Å²) < 4.78 is 0. The van der Waals surface area contributed by atoms with Crippen molar-refractivity contribution in [2.24, 2.45) is 11.8 Å². The summed E-state index contributed by atoms with van der Waals surface area (Å²) in [5.41, 5.74) is 0.760. The first-order valence-corrected chi connectivity index (χ1v) is 5.75. The zero-order chi connectivity index (χ0) is 12.3. The normalized spacial score (nSPS) is 23.3. The molecule has 1 saturated carbocycles. The SMILES string of the molecule is O=C(O)[C@@H]1CC[C@H](C(=O)Nc2ccccc2)C1. The number of para-hydroxylation sites is 1. The fourth-order valence-electron chi connectivity index (χ4n) is 2.21. The van der Waals surface area contributed by atoms with Crippen molar-refractivity contribution in [2.45, 2.75) is 19.3 Å². The third-order valence-corrected chi connectivity index (χ3v) is 3.19. The number of nitrogens with one attached hydrogen (secondary N) is 1. The minimum absolute atomic E-state index is 0.0695. The lowest BCUT2D eigenvalue weighted by molar-refractivity contribution is -0.141. The second kappa shape index (κ2) is 4.99. The van der Waals surface area contributed by atoms with E-state index < -0.39 is 5.97 Å². The summed E-state index contributed by atoms with van der Waals surface area (Å²) in [4.78, 5) is 22.7. The van der Waals surface area contributed by atoms with E-state index in [0.29, 0.717) is 19.3 Å². The summed E-state index contributed by atoms with van der Waals surface area (Å²) in [6.07, 6.45) is 1.71. The van der Waals surface area contributed by atoms with Crippen LogP contribution in [0.15, 0.2) is 30.3 Å². The molecule has 0 unspecified atom stereocenters. The van der Waals surface area contributed by atoms with Gasteiger partial charge >= 0.3 is 5.97 Å². The van der Waals surface area contributed by atoms with Crippen LogP contribution in [0.3, 0.4) is 0 Å². The van der Waals surface area contributed by atoms with E-state index in [1.807, 2.05) is 30.3 Å². The molecule has 1 fully saturated rings. The molecule has 1 aromatic rings. The summed E-state index contributed by atoms with van der Waals surface area (Å²) in [7, 11) is 0. The Morgan fingerprint density at radius 3 is 2.35 bits per heavy atom. The molecule has 0 aliphatic heterocycles. The van der Waals surface area contributed by atoms with E-state index in [0.717, 1.165) is 5.69 Å². The van der Waals surface area contributed by atoms with Crippen LogP contribution in [0.4, 0.5) is 5.69 Å². The Bertz CT molecular complexity index is 416. The maximum Gasteiger partial charge on any atom is 0.306 e. The van der Waals surface area contributed by atoms with Crippen molar-refractivity contribution in [3.8, 4) is 0 Å². The Kier molecular flexibility index (Phi) is 3.42. The van der Waals surface area contributed by atoms with Gasteiger partial charge in [-0.15, -0.1) is 0 Å². The van der Waals surface area contributed by atoms with Crippen LogP contribution in [0.25, 0.3) is 0 Å². The molecule has 0 spiro atoms. The van der Waals surface area contributed by atoms with Crippen molar-refractivity contribution in [1.82, 2.24) is 0 Å². The number of carbonyl (C=O) groups excluding carboxylic acids is 1. The predicted molar refractivity (Wildman–Crippen MR) is 63.5 cm³/mol. The van der Waals surface area contributed by atoms with E-state index in [4.69, 9.17) is 5.11 Å². The largest absolute Gasteiger partial charge is 0.481 e. The Hall–Kier alpha value is -1.84. The second-order valence-electron chi connectivity index (χ2n) is 4.40. The van der Waals surface area contributed by atoms with Crippen molar-refractivity contribution in [2.75, 3.05) is 5.32 Å². The fraction of sp³-hybridized carbons (Fsp3) is 0.385. The number of rotatable bonds is 3.